The van der Waals surface area contributed by atoms with Gasteiger partial charge in [-0.15, -0.1) is 0 Å². The highest BCUT2D eigenvalue weighted by Gasteiger charge is 2.24. The van der Waals surface area contributed by atoms with Crippen molar-refractivity contribution in [3.05, 3.63) is 18.3 Å². The number of hydrogen-bond acceptors (Lipinski definition) is 6. The number of nitrogens with two attached hydrogens (primary N) is 1. The van der Waals surface area contributed by atoms with Crippen molar-refractivity contribution in [1.82, 2.24) is 9.29 Å². The topological polar surface area (TPSA) is 109 Å². The van der Waals surface area contributed by atoms with Gasteiger partial charge in [-0.3, -0.25) is 0 Å². The lowest BCUT2D eigenvalue weighted by Gasteiger charge is -2.19. The molecule has 0 aliphatic rings. The van der Waals surface area contributed by atoms with E-state index in [1.165, 1.54) is 25.4 Å². The standard InChI is InChI=1S/C10H18N4O3S/c1-8(15)5-7-14(2)18(16,17)9-4-3-6-12-10(9)13-11/h3-4,6,8,15H,5,7,11H2,1-2H3,(H,12,13). The molecule has 0 saturated carbocycles. The lowest BCUT2D eigenvalue weighted by atomic mass is 10.3. The van der Waals surface area contributed by atoms with Crippen LogP contribution in [0.2, 0.25) is 0 Å². The molecule has 0 amide bonds. The van der Waals surface area contributed by atoms with Crippen LogP contribution in [0.3, 0.4) is 0 Å². The van der Waals surface area contributed by atoms with Crippen LogP contribution in [0.1, 0.15) is 13.3 Å². The SMILES string of the molecule is CC(O)CCN(C)S(=O)(=O)c1cccnc1NN. The molecule has 0 fully saturated rings. The summed E-state index contributed by atoms with van der Waals surface area (Å²) < 4.78 is 25.6. The minimum Gasteiger partial charge on any atom is -0.393 e. The van der Waals surface area contributed by atoms with Gasteiger partial charge in [0.05, 0.1) is 6.10 Å². The number of anilines is 1. The van der Waals surface area contributed by atoms with Crippen molar-refractivity contribution in [2.24, 2.45) is 5.84 Å². The van der Waals surface area contributed by atoms with E-state index in [1.54, 1.807) is 6.92 Å². The highest BCUT2D eigenvalue weighted by atomic mass is 32.2. The summed E-state index contributed by atoms with van der Waals surface area (Å²) in [5, 5.41) is 9.17. The first-order valence-corrected chi connectivity index (χ1v) is 6.89. The van der Waals surface area contributed by atoms with Crippen LogP contribution in [-0.2, 0) is 10.0 Å². The molecule has 0 aliphatic carbocycles. The van der Waals surface area contributed by atoms with E-state index in [0.29, 0.717) is 6.42 Å². The van der Waals surface area contributed by atoms with Gasteiger partial charge in [0.2, 0.25) is 10.0 Å². The molecule has 1 rings (SSSR count). The number of nitrogens with zero attached hydrogens (tertiary/aromatic N) is 2. The van der Waals surface area contributed by atoms with Crippen molar-refractivity contribution in [2.75, 3.05) is 19.0 Å². The van der Waals surface area contributed by atoms with E-state index in [2.05, 4.69) is 10.4 Å². The Bertz CT molecular complexity index is 490. The van der Waals surface area contributed by atoms with Gasteiger partial charge in [0.25, 0.3) is 0 Å². The summed E-state index contributed by atoms with van der Waals surface area (Å²) in [6.07, 6.45) is 1.26. The van der Waals surface area contributed by atoms with E-state index in [-0.39, 0.29) is 17.3 Å². The number of rotatable bonds is 6. The number of hydrogen-bond donors (Lipinski definition) is 3. The average molecular weight is 274 g/mol. The van der Waals surface area contributed by atoms with Crippen LogP contribution >= 0.6 is 0 Å². The van der Waals surface area contributed by atoms with Gasteiger partial charge in [-0.05, 0) is 25.5 Å². The number of aromatic nitrogens is 1. The molecular weight excluding hydrogens is 256 g/mol. The molecule has 1 unspecified atom stereocenters. The summed E-state index contributed by atoms with van der Waals surface area (Å²) in [5.41, 5.74) is 2.26. The van der Waals surface area contributed by atoms with Gasteiger partial charge in [0.1, 0.15) is 4.90 Å². The second-order valence-corrected chi connectivity index (χ2v) is 5.97. The summed E-state index contributed by atoms with van der Waals surface area (Å²) in [5.74, 6) is 5.33. The highest BCUT2D eigenvalue weighted by molar-refractivity contribution is 7.89. The van der Waals surface area contributed by atoms with Crippen LogP contribution in [0.15, 0.2) is 23.2 Å². The van der Waals surface area contributed by atoms with Gasteiger partial charge in [-0.2, -0.15) is 0 Å². The largest absolute Gasteiger partial charge is 0.393 e. The van der Waals surface area contributed by atoms with Crippen molar-refractivity contribution >= 4 is 15.8 Å². The lowest BCUT2D eigenvalue weighted by Crippen LogP contribution is -2.30. The molecule has 0 radical (unpaired) electrons. The van der Waals surface area contributed by atoms with Crippen LogP contribution in [-0.4, -0.2) is 42.5 Å². The fourth-order valence-corrected chi connectivity index (χ4v) is 2.65. The van der Waals surface area contributed by atoms with Crippen molar-refractivity contribution in [1.29, 1.82) is 0 Å². The third-order valence-electron chi connectivity index (χ3n) is 2.46. The maximum absolute atomic E-state index is 12.2. The van der Waals surface area contributed by atoms with Gasteiger partial charge in [0, 0.05) is 19.8 Å². The second kappa shape index (κ2) is 6.10. The Labute approximate surface area is 107 Å². The number of nitrogens with one attached hydrogen (secondary N) is 1. The maximum atomic E-state index is 12.2. The monoisotopic (exact) mass is 274 g/mol. The third-order valence-corrected chi connectivity index (χ3v) is 4.35. The van der Waals surface area contributed by atoms with Gasteiger partial charge in [0.15, 0.2) is 5.82 Å². The summed E-state index contributed by atoms with van der Waals surface area (Å²) in [6.45, 7) is 1.83. The van der Waals surface area contributed by atoms with E-state index in [9.17, 15) is 13.5 Å². The predicted molar refractivity (Wildman–Crippen MR) is 68.2 cm³/mol. The van der Waals surface area contributed by atoms with Crippen LogP contribution < -0.4 is 11.3 Å². The molecular formula is C10H18N4O3S. The van der Waals surface area contributed by atoms with Gasteiger partial charge in [-0.1, -0.05) is 0 Å². The molecule has 102 valence electrons. The van der Waals surface area contributed by atoms with Crippen molar-refractivity contribution in [2.45, 2.75) is 24.3 Å². The molecule has 4 N–H and O–H groups in total. The van der Waals surface area contributed by atoms with E-state index in [0.717, 1.165) is 4.31 Å². The number of aliphatic hydroxyl groups excluding tert-OH is 1. The van der Waals surface area contributed by atoms with Crippen molar-refractivity contribution < 1.29 is 13.5 Å². The summed E-state index contributed by atoms with van der Waals surface area (Å²) in [7, 11) is -2.21. The zero-order valence-corrected chi connectivity index (χ0v) is 11.2. The smallest absolute Gasteiger partial charge is 0.246 e. The Balaban J connectivity index is 2.98. The quantitative estimate of drug-likeness (QED) is 0.488. The minimum atomic E-state index is -3.66. The Morgan fingerprint density at radius 2 is 2.28 bits per heavy atom. The number of sulfonamides is 1. The lowest BCUT2D eigenvalue weighted by molar-refractivity contribution is 0.177. The van der Waals surface area contributed by atoms with Gasteiger partial charge >= 0.3 is 0 Å². The Morgan fingerprint density at radius 3 is 2.83 bits per heavy atom. The van der Waals surface area contributed by atoms with Crippen molar-refractivity contribution in [3.8, 4) is 0 Å². The second-order valence-electron chi connectivity index (χ2n) is 3.96. The molecule has 1 aromatic heterocycles. The summed E-state index contributed by atoms with van der Waals surface area (Å²) >= 11 is 0. The van der Waals surface area contributed by atoms with E-state index >= 15 is 0 Å². The predicted octanol–water partition coefficient (Wildman–Crippen LogP) is -0.241. The zero-order valence-electron chi connectivity index (χ0n) is 10.4. The first-order valence-electron chi connectivity index (χ1n) is 5.45. The maximum Gasteiger partial charge on any atom is 0.246 e. The Hall–Kier alpha value is -1.22. The number of hydrazine groups is 1. The average Bonchev–Trinajstić information content (AvgIpc) is 2.35. The van der Waals surface area contributed by atoms with E-state index in [4.69, 9.17) is 5.84 Å². The third kappa shape index (κ3) is 3.39. The molecule has 8 heteroatoms. The normalized spacial score (nSPS) is 13.6. The zero-order chi connectivity index (χ0) is 13.8. The first kappa shape index (κ1) is 14.8. The Kier molecular flexibility index (Phi) is 5.03. The van der Waals surface area contributed by atoms with Gasteiger partial charge in [-0.25, -0.2) is 23.5 Å². The molecule has 0 aromatic carbocycles. The number of pyridine rings is 1. The van der Waals surface area contributed by atoms with Crippen molar-refractivity contribution in [3.63, 3.8) is 0 Å². The number of nitrogen functional groups attached to an aromatic ring is 1. The fraction of sp³-hybridized carbons (Fsp3) is 0.500. The highest BCUT2D eigenvalue weighted by Crippen LogP contribution is 2.20. The molecule has 0 bridgehead atoms. The van der Waals surface area contributed by atoms with E-state index in [1.807, 2.05) is 0 Å². The molecule has 0 aliphatic heterocycles. The molecule has 0 saturated heterocycles. The van der Waals surface area contributed by atoms with Crippen LogP contribution in [0.5, 0.6) is 0 Å². The van der Waals surface area contributed by atoms with Gasteiger partial charge < -0.3 is 10.5 Å². The molecule has 1 heterocycles. The molecule has 1 aromatic rings. The number of aliphatic hydroxyl groups is 1. The Morgan fingerprint density at radius 1 is 1.61 bits per heavy atom. The van der Waals surface area contributed by atoms with Crippen LogP contribution in [0.4, 0.5) is 5.82 Å². The fourth-order valence-electron chi connectivity index (χ4n) is 1.36. The first-order chi connectivity index (χ1) is 8.39. The summed E-state index contributed by atoms with van der Waals surface area (Å²) in [6, 6.07) is 2.95. The van der Waals surface area contributed by atoms with Crippen LogP contribution in [0.25, 0.3) is 0 Å². The molecule has 0 spiro atoms. The molecule has 7 nitrogen and oxygen atoms in total. The summed E-state index contributed by atoms with van der Waals surface area (Å²) in [4.78, 5) is 3.86. The minimum absolute atomic E-state index is 0.0144. The molecule has 18 heavy (non-hydrogen) atoms. The molecule has 1 atom stereocenters. The van der Waals surface area contributed by atoms with E-state index < -0.39 is 16.1 Å². The van der Waals surface area contributed by atoms with Crippen LogP contribution in [0, 0.1) is 0 Å².